The van der Waals surface area contributed by atoms with E-state index in [-0.39, 0.29) is 13.2 Å². The van der Waals surface area contributed by atoms with E-state index in [0.29, 0.717) is 11.9 Å². The molecule has 0 amide bonds. The van der Waals surface area contributed by atoms with Gasteiger partial charge < -0.3 is 9.47 Å². The van der Waals surface area contributed by atoms with Crippen molar-refractivity contribution in [3.63, 3.8) is 0 Å². The molecule has 16 heavy (non-hydrogen) atoms. The molecule has 0 saturated heterocycles. The van der Waals surface area contributed by atoms with Gasteiger partial charge in [0.1, 0.15) is 19.0 Å². The van der Waals surface area contributed by atoms with Gasteiger partial charge in [0.05, 0.1) is 5.57 Å². The molecule has 1 aliphatic heterocycles. The molecule has 0 fully saturated rings. The van der Waals surface area contributed by atoms with Gasteiger partial charge in [-0.3, -0.25) is 4.79 Å². The number of fused-ring (bicyclic) bond motifs is 1. The van der Waals surface area contributed by atoms with Crippen LogP contribution in [0.5, 0.6) is 5.75 Å². The average Bonchev–Trinajstić information content (AvgIpc) is 2.35. The number of hydrogen-bond donors (Lipinski definition) is 0. The number of carbonyl (C=O) groups is 2. The number of benzene rings is 1. The van der Waals surface area contributed by atoms with Crippen LogP contribution in [0.4, 0.5) is 0 Å². The highest BCUT2D eigenvalue weighted by atomic mass is 16.5. The lowest BCUT2D eigenvalue weighted by Crippen LogP contribution is -2.17. The molecular weight excluding hydrogens is 208 g/mol. The number of aldehydes is 1. The van der Waals surface area contributed by atoms with Gasteiger partial charge in [-0.25, -0.2) is 4.79 Å². The highest BCUT2D eigenvalue weighted by Gasteiger charge is 2.17. The van der Waals surface area contributed by atoms with Crippen molar-refractivity contribution in [2.45, 2.75) is 0 Å². The molecule has 82 valence electrons. The molecule has 0 atom stereocenters. The van der Waals surface area contributed by atoms with E-state index in [1.165, 1.54) is 0 Å². The number of esters is 1. The van der Waals surface area contributed by atoms with Crippen molar-refractivity contribution in [3.8, 4) is 5.75 Å². The van der Waals surface area contributed by atoms with Crippen LogP contribution in [0.2, 0.25) is 0 Å². The van der Waals surface area contributed by atoms with Crippen molar-refractivity contribution in [2.75, 3.05) is 13.2 Å². The molecule has 2 rings (SSSR count). The lowest BCUT2D eigenvalue weighted by Gasteiger charge is -2.16. The molecule has 0 aromatic heterocycles. The average molecular weight is 218 g/mol. The molecule has 1 heterocycles. The summed E-state index contributed by atoms with van der Waals surface area (Å²) in [5, 5.41) is 0. The number of rotatable bonds is 3. The fourth-order valence-electron chi connectivity index (χ4n) is 1.44. The molecule has 0 radical (unpaired) electrons. The number of ether oxygens (including phenoxy) is 2. The van der Waals surface area contributed by atoms with Crippen LogP contribution < -0.4 is 4.74 Å². The Hall–Kier alpha value is -2.10. The highest BCUT2D eigenvalue weighted by Crippen LogP contribution is 2.25. The lowest BCUT2D eigenvalue weighted by molar-refractivity contribution is -0.141. The minimum Gasteiger partial charge on any atom is -0.488 e. The lowest BCUT2D eigenvalue weighted by atomic mass is 10.1. The van der Waals surface area contributed by atoms with Crippen molar-refractivity contribution in [2.24, 2.45) is 0 Å². The van der Waals surface area contributed by atoms with Crippen LogP contribution >= 0.6 is 0 Å². The molecule has 1 aromatic rings. The monoisotopic (exact) mass is 218 g/mol. The summed E-state index contributed by atoms with van der Waals surface area (Å²) in [6.07, 6.45) is 2.25. The van der Waals surface area contributed by atoms with Gasteiger partial charge in [0.15, 0.2) is 6.29 Å². The highest BCUT2D eigenvalue weighted by molar-refractivity contribution is 5.95. The maximum absolute atomic E-state index is 11.4. The maximum atomic E-state index is 11.4. The molecule has 0 bridgehead atoms. The van der Waals surface area contributed by atoms with Crippen molar-refractivity contribution < 1.29 is 19.1 Å². The largest absolute Gasteiger partial charge is 0.488 e. The summed E-state index contributed by atoms with van der Waals surface area (Å²) < 4.78 is 10.1. The summed E-state index contributed by atoms with van der Waals surface area (Å²) in [7, 11) is 0. The first kappa shape index (κ1) is 10.4. The van der Waals surface area contributed by atoms with Crippen molar-refractivity contribution >= 4 is 18.3 Å². The zero-order valence-corrected chi connectivity index (χ0v) is 8.51. The minimum atomic E-state index is -0.512. The van der Waals surface area contributed by atoms with Gasteiger partial charge in [-0.1, -0.05) is 18.2 Å². The predicted octanol–water partition coefficient (Wildman–Crippen LogP) is 1.20. The third-order valence-corrected chi connectivity index (χ3v) is 2.18. The quantitative estimate of drug-likeness (QED) is 0.565. The van der Waals surface area contributed by atoms with Crippen LogP contribution in [0.3, 0.4) is 0 Å². The van der Waals surface area contributed by atoms with Gasteiger partial charge in [0, 0.05) is 5.56 Å². The maximum Gasteiger partial charge on any atom is 0.337 e. The van der Waals surface area contributed by atoms with E-state index in [1.54, 1.807) is 6.08 Å². The third-order valence-electron chi connectivity index (χ3n) is 2.18. The smallest absolute Gasteiger partial charge is 0.337 e. The normalized spacial score (nSPS) is 13.1. The first-order valence-corrected chi connectivity index (χ1v) is 4.84. The van der Waals surface area contributed by atoms with E-state index in [9.17, 15) is 9.59 Å². The first-order valence-electron chi connectivity index (χ1n) is 4.84. The van der Waals surface area contributed by atoms with Crippen molar-refractivity contribution in [1.82, 2.24) is 0 Å². The molecule has 1 aromatic carbocycles. The molecule has 0 saturated carbocycles. The molecule has 0 aliphatic carbocycles. The van der Waals surface area contributed by atoms with Crippen molar-refractivity contribution in [3.05, 3.63) is 35.4 Å². The Morgan fingerprint density at radius 1 is 1.44 bits per heavy atom. The van der Waals surface area contributed by atoms with E-state index < -0.39 is 5.97 Å². The summed E-state index contributed by atoms with van der Waals surface area (Å²) in [6.45, 7) is -0.0491. The Bertz CT molecular complexity index is 448. The molecule has 0 unspecified atom stereocenters. The molecule has 0 N–H and O–H groups in total. The van der Waals surface area contributed by atoms with Crippen LogP contribution in [0.15, 0.2) is 29.8 Å². The van der Waals surface area contributed by atoms with E-state index >= 15 is 0 Å². The Kier molecular flexibility index (Phi) is 3.00. The molecular formula is C12H10O4. The SMILES string of the molecule is O=CCOC(=O)C1=Cc2ccccc2OC1. The fraction of sp³-hybridized carbons (Fsp3) is 0.167. The summed E-state index contributed by atoms with van der Waals surface area (Å²) in [5.74, 6) is 0.232. The molecule has 4 nitrogen and oxygen atoms in total. The van der Waals surface area contributed by atoms with Crippen LogP contribution in [0.1, 0.15) is 5.56 Å². The first-order chi connectivity index (χ1) is 7.81. The molecule has 1 aliphatic rings. The Morgan fingerprint density at radius 3 is 3.06 bits per heavy atom. The van der Waals surface area contributed by atoms with Gasteiger partial charge in [-0.15, -0.1) is 0 Å². The van der Waals surface area contributed by atoms with Crippen LogP contribution in [-0.2, 0) is 14.3 Å². The van der Waals surface area contributed by atoms with Gasteiger partial charge in [-0.05, 0) is 12.1 Å². The van der Waals surface area contributed by atoms with Crippen molar-refractivity contribution in [1.29, 1.82) is 0 Å². The molecule has 0 spiro atoms. The van der Waals surface area contributed by atoms with Crippen LogP contribution in [-0.4, -0.2) is 25.5 Å². The third kappa shape index (κ3) is 2.11. The van der Waals surface area contributed by atoms with E-state index in [2.05, 4.69) is 0 Å². The summed E-state index contributed by atoms with van der Waals surface area (Å²) in [4.78, 5) is 21.5. The number of para-hydroxylation sites is 1. The Balaban J connectivity index is 2.17. The molecule has 4 heteroatoms. The minimum absolute atomic E-state index is 0.175. The van der Waals surface area contributed by atoms with Crippen LogP contribution in [0.25, 0.3) is 6.08 Å². The van der Waals surface area contributed by atoms with Gasteiger partial charge >= 0.3 is 5.97 Å². The second-order valence-corrected chi connectivity index (χ2v) is 3.26. The fourth-order valence-corrected chi connectivity index (χ4v) is 1.44. The van der Waals surface area contributed by atoms with E-state index in [1.807, 2.05) is 24.3 Å². The van der Waals surface area contributed by atoms with E-state index in [4.69, 9.17) is 9.47 Å². The predicted molar refractivity (Wildman–Crippen MR) is 56.9 cm³/mol. The summed E-state index contributed by atoms with van der Waals surface area (Å²) in [5.41, 5.74) is 1.26. The Labute approximate surface area is 92.5 Å². The van der Waals surface area contributed by atoms with Gasteiger partial charge in [0.2, 0.25) is 0 Å². The number of hydrogen-bond acceptors (Lipinski definition) is 4. The van der Waals surface area contributed by atoms with E-state index in [0.717, 1.165) is 11.3 Å². The second kappa shape index (κ2) is 4.61. The Morgan fingerprint density at radius 2 is 2.25 bits per heavy atom. The second-order valence-electron chi connectivity index (χ2n) is 3.26. The summed E-state index contributed by atoms with van der Waals surface area (Å²) >= 11 is 0. The van der Waals surface area contributed by atoms with Gasteiger partial charge in [0.25, 0.3) is 0 Å². The zero-order valence-electron chi connectivity index (χ0n) is 8.51. The summed E-state index contributed by atoms with van der Waals surface area (Å²) in [6, 6.07) is 7.40. The topological polar surface area (TPSA) is 52.6 Å². The van der Waals surface area contributed by atoms with Gasteiger partial charge in [-0.2, -0.15) is 0 Å². The standard InChI is InChI=1S/C12H10O4/c13-5-6-15-12(14)10-7-9-3-1-2-4-11(9)16-8-10/h1-5,7H,6,8H2. The number of carbonyl (C=O) groups excluding carboxylic acids is 2. The van der Waals surface area contributed by atoms with Crippen LogP contribution in [0, 0.1) is 0 Å². The zero-order chi connectivity index (χ0) is 11.4.